The van der Waals surface area contributed by atoms with E-state index in [1.807, 2.05) is 11.8 Å². The minimum Gasteiger partial charge on any atom is -0.414 e. The summed E-state index contributed by atoms with van der Waals surface area (Å²) >= 11 is 1.93. The fourth-order valence-electron chi connectivity index (χ4n) is 1.94. The highest BCUT2D eigenvalue weighted by Crippen LogP contribution is 2.28. The van der Waals surface area contributed by atoms with E-state index in [2.05, 4.69) is 91.5 Å². The molecule has 0 aliphatic heterocycles. The van der Waals surface area contributed by atoms with E-state index in [0.717, 1.165) is 5.75 Å². The van der Waals surface area contributed by atoms with Gasteiger partial charge in [0.2, 0.25) is 0 Å². The minimum absolute atomic E-state index is 0.257. The van der Waals surface area contributed by atoms with E-state index >= 15 is 0 Å². The average molecular weight is 425 g/mol. The predicted octanol–water partition coefficient (Wildman–Crippen LogP) is 6.11. The van der Waals surface area contributed by atoms with Gasteiger partial charge in [-0.15, -0.1) is 0 Å². The summed E-state index contributed by atoms with van der Waals surface area (Å²) in [6.07, 6.45) is 2.21. The van der Waals surface area contributed by atoms with Gasteiger partial charge in [0.15, 0.2) is 25.0 Å². The van der Waals surface area contributed by atoms with E-state index < -0.39 is 33.8 Å². The summed E-state index contributed by atoms with van der Waals surface area (Å²) in [6, 6.07) is 0. The third kappa shape index (κ3) is 14.1. The molecule has 0 rings (SSSR count). The Morgan fingerprint density at radius 2 is 1.04 bits per heavy atom. The van der Waals surface area contributed by atoms with Crippen molar-refractivity contribution in [1.82, 2.24) is 0 Å². The Kier molecular flexibility index (Phi) is 8.99. The molecule has 0 fully saturated rings. The van der Waals surface area contributed by atoms with Crippen molar-refractivity contribution in [1.29, 1.82) is 0 Å². The Labute approximate surface area is 159 Å². The number of hydrogen-bond donors (Lipinski definition) is 0. The second-order valence-electron chi connectivity index (χ2n) is 10.1. The summed E-state index contributed by atoms with van der Waals surface area (Å²) in [5.41, 5.74) is 2.17. The molecule has 0 saturated carbocycles. The summed E-state index contributed by atoms with van der Waals surface area (Å²) < 4.78 is 20.1. The molecule has 0 aliphatic carbocycles. The van der Waals surface area contributed by atoms with Gasteiger partial charge < -0.3 is 12.3 Å². The van der Waals surface area contributed by atoms with Crippen molar-refractivity contribution in [3.05, 3.63) is 11.8 Å². The lowest BCUT2D eigenvalue weighted by molar-refractivity contribution is 0.271. The second-order valence-corrected chi connectivity index (χ2v) is 28.6. The van der Waals surface area contributed by atoms with Crippen molar-refractivity contribution >= 4 is 45.5 Å². The fraction of sp³-hybridized carbons (Fsp3) is 0.875. The van der Waals surface area contributed by atoms with Crippen molar-refractivity contribution in [2.24, 2.45) is 0 Å². The molecule has 0 bridgehead atoms. The van der Waals surface area contributed by atoms with Gasteiger partial charge in [0, 0.05) is 10.5 Å². The van der Waals surface area contributed by atoms with Crippen LogP contribution >= 0.6 is 11.8 Å². The number of thioether (sulfide) groups is 1. The first-order chi connectivity index (χ1) is 10.3. The lowest BCUT2D eigenvalue weighted by Gasteiger charge is -2.41. The van der Waals surface area contributed by atoms with E-state index in [1.165, 1.54) is 0 Å². The van der Waals surface area contributed by atoms with Crippen molar-refractivity contribution in [2.75, 3.05) is 5.75 Å². The summed E-state index contributed by atoms with van der Waals surface area (Å²) in [4.78, 5) is 0. The molecule has 24 heavy (non-hydrogen) atoms. The average Bonchev–Trinajstić information content (AvgIpc) is 2.14. The highest BCUT2D eigenvalue weighted by atomic mass is 32.2. The molecule has 0 heterocycles. The Balaban J connectivity index is 5.58. The van der Waals surface area contributed by atoms with E-state index in [1.54, 1.807) is 0 Å². The molecule has 0 aromatic carbocycles. The molecule has 0 saturated heterocycles. The van der Waals surface area contributed by atoms with Gasteiger partial charge in [-0.05, 0) is 64.6 Å². The van der Waals surface area contributed by atoms with Crippen molar-refractivity contribution < 1.29 is 12.3 Å². The first-order valence-corrected chi connectivity index (χ1v) is 21.8. The zero-order valence-electron chi connectivity index (χ0n) is 18.0. The number of hydrogen-bond acceptors (Lipinski definition) is 4. The summed E-state index contributed by atoms with van der Waals surface area (Å²) in [7, 11) is -8.18. The SMILES string of the molecule is CC(C)(C)SC/C=C/[Si](O[Si](C)(C)C)(O[Si](C)(C)C)O[Si](C)(C)C. The lowest BCUT2D eigenvalue weighted by Crippen LogP contribution is -2.59. The molecule has 0 amide bonds. The third-order valence-corrected chi connectivity index (χ3v) is 14.9. The lowest BCUT2D eigenvalue weighted by atomic mass is 10.3. The van der Waals surface area contributed by atoms with Gasteiger partial charge in [-0.3, -0.25) is 0 Å². The molecule has 0 radical (unpaired) electrons. The maximum absolute atomic E-state index is 6.62. The van der Waals surface area contributed by atoms with Gasteiger partial charge >= 0.3 is 8.80 Å². The van der Waals surface area contributed by atoms with E-state index in [9.17, 15) is 0 Å². The molecular formula is C16H40O3SSi4. The van der Waals surface area contributed by atoms with Crippen LogP contribution in [-0.2, 0) is 12.3 Å². The van der Waals surface area contributed by atoms with E-state index in [0.29, 0.717) is 0 Å². The van der Waals surface area contributed by atoms with Crippen LogP contribution in [0.5, 0.6) is 0 Å². The Morgan fingerprint density at radius 3 is 1.29 bits per heavy atom. The maximum atomic E-state index is 6.62. The smallest absolute Gasteiger partial charge is 0.414 e. The predicted molar refractivity (Wildman–Crippen MR) is 120 cm³/mol. The molecule has 3 nitrogen and oxygen atoms in total. The molecular weight excluding hydrogens is 385 g/mol. The Bertz CT molecular complexity index is 374. The standard InChI is InChI=1S/C16H40O3SSi4/c1-16(2,3)20-14-13-15-24(17-21(4,5)6,18-22(7,8)9)19-23(10,11)12/h13,15H,14H2,1-12H3/b15-13+. The zero-order valence-corrected chi connectivity index (χ0v) is 22.8. The largest absolute Gasteiger partial charge is 0.497 e. The van der Waals surface area contributed by atoms with Gasteiger partial charge in [0.05, 0.1) is 0 Å². The van der Waals surface area contributed by atoms with Gasteiger partial charge in [0.25, 0.3) is 0 Å². The summed E-state index contributed by atoms with van der Waals surface area (Å²) in [5.74, 6) is 0.956. The Hall–Kier alpha value is 0.838. The van der Waals surface area contributed by atoms with Gasteiger partial charge in [-0.1, -0.05) is 26.8 Å². The Morgan fingerprint density at radius 1 is 0.708 bits per heavy atom. The highest BCUT2D eigenvalue weighted by molar-refractivity contribution is 8.00. The van der Waals surface area contributed by atoms with Gasteiger partial charge in [-0.2, -0.15) is 11.8 Å². The van der Waals surface area contributed by atoms with Gasteiger partial charge in [0.1, 0.15) is 0 Å². The molecule has 0 unspecified atom stereocenters. The van der Waals surface area contributed by atoms with E-state index in [4.69, 9.17) is 12.3 Å². The molecule has 0 aromatic heterocycles. The summed E-state index contributed by atoms with van der Waals surface area (Å²) in [5, 5.41) is 0. The van der Waals surface area contributed by atoms with Crippen molar-refractivity contribution in [3.63, 3.8) is 0 Å². The van der Waals surface area contributed by atoms with Crippen LogP contribution in [0.4, 0.5) is 0 Å². The van der Waals surface area contributed by atoms with Crippen LogP contribution in [0.25, 0.3) is 0 Å². The minimum atomic E-state index is -2.81. The topological polar surface area (TPSA) is 27.7 Å². The van der Waals surface area contributed by atoms with Crippen LogP contribution in [0.2, 0.25) is 58.9 Å². The molecule has 0 aromatic rings. The molecule has 0 atom stereocenters. The van der Waals surface area contributed by atoms with Crippen LogP contribution < -0.4 is 0 Å². The highest BCUT2D eigenvalue weighted by Gasteiger charge is 2.48. The zero-order chi connectivity index (χ0) is 19.4. The van der Waals surface area contributed by atoms with Crippen LogP contribution in [0, 0.1) is 0 Å². The molecule has 0 spiro atoms. The quantitative estimate of drug-likeness (QED) is 0.417. The first-order valence-electron chi connectivity index (χ1n) is 8.75. The molecule has 0 aliphatic rings. The van der Waals surface area contributed by atoms with Crippen molar-refractivity contribution in [3.8, 4) is 0 Å². The van der Waals surface area contributed by atoms with Crippen LogP contribution in [-0.4, -0.2) is 44.3 Å². The molecule has 8 heteroatoms. The first kappa shape index (κ1) is 24.8. The monoisotopic (exact) mass is 424 g/mol. The molecule has 0 N–H and O–H groups in total. The maximum Gasteiger partial charge on any atom is 0.497 e. The van der Waals surface area contributed by atoms with Gasteiger partial charge in [-0.25, -0.2) is 0 Å². The third-order valence-electron chi connectivity index (χ3n) is 2.28. The fourth-order valence-corrected chi connectivity index (χ4v) is 15.9. The second kappa shape index (κ2) is 8.68. The van der Waals surface area contributed by atoms with Crippen LogP contribution in [0.15, 0.2) is 11.8 Å². The number of rotatable bonds is 9. The van der Waals surface area contributed by atoms with E-state index in [-0.39, 0.29) is 4.75 Å². The van der Waals surface area contributed by atoms with Crippen molar-refractivity contribution in [2.45, 2.75) is 84.4 Å². The summed E-state index contributed by atoms with van der Waals surface area (Å²) in [6.45, 7) is 26.7. The van der Waals surface area contributed by atoms with Crippen LogP contribution in [0.1, 0.15) is 20.8 Å². The normalized spacial score (nSPS) is 15.3. The van der Waals surface area contributed by atoms with Crippen LogP contribution in [0.3, 0.4) is 0 Å². The molecule has 144 valence electrons.